The van der Waals surface area contributed by atoms with Gasteiger partial charge in [-0.1, -0.05) is 61.6 Å². The van der Waals surface area contributed by atoms with E-state index in [0.717, 1.165) is 6.29 Å². The second kappa shape index (κ2) is 7.17. The van der Waals surface area contributed by atoms with Crippen molar-refractivity contribution in [1.29, 1.82) is 0 Å². The Labute approximate surface area is 163 Å². The van der Waals surface area contributed by atoms with Gasteiger partial charge in [0.05, 0.1) is 12.0 Å². The molecule has 0 N–H and O–H groups in total. The number of carbonyl (C=O) groups is 2. The molecule has 0 saturated carbocycles. The first-order valence-electron chi connectivity index (χ1n) is 9.86. The first-order chi connectivity index (χ1) is 11.4. The summed E-state index contributed by atoms with van der Waals surface area (Å²) in [6.07, 6.45) is 0.848. The van der Waals surface area contributed by atoms with Gasteiger partial charge in [-0.3, -0.25) is 4.79 Å². The Morgan fingerprint density at radius 2 is 1.46 bits per heavy atom. The molecule has 1 saturated heterocycles. The quantitative estimate of drug-likeness (QED) is 0.356. The van der Waals surface area contributed by atoms with Crippen molar-refractivity contribution >= 4 is 28.7 Å². The van der Waals surface area contributed by atoms with Crippen LogP contribution >= 0.6 is 0 Å². The molecule has 0 aromatic carbocycles. The molecule has 26 heavy (non-hydrogen) atoms. The second-order valence-corrected chi connectivity index (χ2v) is 21.0. The lowest BCUT2D eigenvalue weighted by molar-refractivity contribution is -0.158. The van der Waals surface area contributed by atoms with Gasteiger partial charge < -0.3 is 13.8 Å². The van der Waals surface area contributed by atoms with Crippen LogP contribution in [-0.2, 0) is 14.0 Å². The van der Waals surface area contributed by atoms with E-state index in [1.165, 1.54) is 0 Å². The van der Waals surface area contributed by atoms with Crippen molar-refractivity contribution in [2.24, 2.45) is 11.8 Å². The molecule has 0 unspecified atom stereocenters. The SMILES string of the molecule is C[C@@H](C=O)[C@@H]1[C@@H]([C@@H](C)O[Si](C)(C)C(C)(C)C)C(=O)N1[Si](C)(C)C(C)(C)C. The van der Waals surface area contributed by atoms with Crippen molar-refractivity contribution in [1.82, 2.24) is 4.57 Å². The van der Waals surface area contributed by atoms with Crippen LogP contribution in [0.2, 0.25) is 36.3 Å². The summed E-state index contributed by atoms with van der Waals surface area (Å²) in [5.41, 5.74) is 0. The predicted molar refractivity (Wildman–Crippen MR) is 114 cm³/mol. The summed E-state index contributed by atoms with van der Waals surface area (Å²) in [6, 6.07) is -0.0411. The number of nitrogens with zero attached hydrogens (tertiary/aromatic N) is 1. The van der Waals surface area contributed by atoms with Crippen LogP contribution in [0, 0.1) is 11.8 Å². The molecule has 0 aliphatic carbocycles. The molecule has 0 radical (unpaired) electrons. The zero-order valence-electron chi connectivity index (χ0n) is 19.1. The van der Waals surface area contributed by atoms with Crippen molar-refractivity contribution in [2.75, 3.05) is 0 Å². The molecule has 4 atom stereocenters. The van der Waals surface area contributed by atoms with Gasteiger partial charge in [-0.15, -0.1) is 0 Å². The highest BCUT2D eigenvalue weighted by molar-refractivity contribution is 6.80. The van der Waals surface area contributed by atoms with Crippen LogP contribution in [0.1, 0.15) is 55.4 Å². The number of hydrogen-bond acceptors (Lipinski definition) is 3. The highest BCUT2D eigenvalue weighted by Gasteiger charge is 2.60. The molecule has 1 amide bonds. The number of hydrogen-bond donors (Lipinski definition) is 0. The minimum Gasteiger partial charge on any atom is -0.413 e. The number of amides is 1. The van der Waals surface area contributed by atoms with Crippen LogP contribution in [0.25, 0.3) is 0 Å². The maximum Gasteiger partial charge on any atom is 0.222 e. The molecular weight excluding hydrogens is 358 g/mol. The lowest BCUT2D eigenvalue weighted by atomic mass is 9.79. The fraction of sp³-hybridized carbons (Fsp3) is 0.900. The van der Waals surface area contributed by atoms with E-state index >= 15 is 0 Å². The molecule has 152 valence electrons. The van der Waals surface area contributed by atoms with Gasteiger partial charge in [0.25, 0.3) is 0 Å². The molecule has 0 bridgehead atoms. The predicted octanol–water partition coefficient (Wildman–Crippen LogP) is 5.06. The van der Waals surface area contributed by atoms with Crippen molar-refractivity contribution in [2.45, 2.75) is 104 Å². The average Bonchev–Trinajstić information content (AvgIpc) is 2.40. The summed E-state index contributed by atoms with van der Waals surface area (Å²) in [7, 11) is -4.00. The molecular formula is C20H41NO3Si2. The van der Waals surface area contributed by atoms with Gasteiger partial charge in [-0.2, -0.15) is 0 Å². The second-order valence-electron chi connectivity index (χ2n) is 11.1. The fourth-order valence-electron chi connectivity index (χ4n) is 3.38. The van der Waals surface area contributed by atoms with E-state index in [0.29, 0.717) is 0 Å². The first-order valence-corrected chi connectivity index (χ1v) is 15.7. The summed E-state index contributed by atoms with van der Waals surface area (Å²) in [6.45, 7) is 26.1. The molecule has 1 fully saturated rings. The van der Waals surface area contributed by atoms with Gasteiger partial charge in [-0.25, -0.2) is 0 Å². The van der Waals surface area contributed by atoms with Gasteiger partial charge in [0, 0.05) is 12.0 Å². The summed E-state index contributed by atoms with van der Waals surface area (Å²) in [5, 5.41) is 0.150. The Bertz CT molecular complexity index is 546. The summed E-state index contributed by atoms with van der Waals surface area (Å²) < 4.78 is 8.62. The Balaban J connectivity index is 3.18. The number of carbonyl (C=O) groups excluding carboxylic acids is 2. The third kappa shape index (κ3) is 4.02. The standard InChI is InChI=1S/C20H41NO3Si2/c1-14(13-22)17-16(15(2)24-26(11,12)20(6,7)8)18(23)21(17)25(9,10)19(3,4)5/h13-17H,1-12H3/t14-,15+,16+,17+/m0/s1. The Hall–Kier alpha value is -0.466. The van der Waals surface area contributed by atoms with Crippen molar-refractivity contribution in [3.63, 3.8) is 0 Å². The lowest BCUT2D eigenvalue weighted by Crippen LogP contribution is -2.76. The van der Waals surface area contributed by atoms with E-state index in [1.807, 2.05) is 13.8 Å². The Morgan fingerprint density at radius 1 is 1.00 bits per heavy atom. The van der Waals surface area contributed by atoms with E-state index in [2.05, 4.69) is 72.3 Å². The van der Waals surface area contributed by atoms with E-state index < -0.39 is 16.6 Å². The van der Waals surface area contributed by atoms with Crippen LogP contribution in [0.5, 0.6) is 0 Å². The molecule has 1 aliphatic heterocycles. The van der Waals surface area contributed by atoms with Gasteiger partial charge in [0.2, 0.25) is 5.91 Å². The molecule has 1 aliphatic rings. The maximum atomic E-state index is 13.2. The Kier molecular flexibility index (Phi) is 6.50. The number of β-lactam (4-membered cyclic amide) rings is 1. The minimum absolute atomic E-state index is 0.0411. The third-order valence-corrected chi connectivity index (χ3v) is 17.1. The average molecular weight is 400 g/mol. The minimum atomic E-state index is -2.03. The van der Waals surface area contributed by atoms with Gasteiger partial charge in [0.1, 0.15) is 6.29 Å². The van der Waals surface area contributed by atoms with Gasteiger partial charge in [0.15, 0.2) is 16.6 Å². The highest BCUT2D eigenvalue weighted by Crippen LogP contribution is 2.48. The Morgan fingerprint density at radius 3 is 1.81 bits per heavy atom. The van der Waals surface area contributed by atoms with E-state index in [4.69, 9.17) is 4.43 Å². The number of aldehydes is 1. The zero-order valence-corrected chi connectivity index (χ0v) is 21.1. The smallest absolute Gasteiger partial charge is 0.222 e. The summed E-state index contributed by atoms with van der Waals surface area (Å²) in [4.78, 5) is 24.9. The van der Waals surface area contributed by atoms with E-state index in [-0.39, 0.29) is 40.0 Å². The first kappa shape index (κ1) is 23.6. The largest absolute Gasteiger partial charge is 0.413 e. The molecule has 4 nitrogen and oxygen atoms in total. The van der Waals surface area contributed by atoms with Crippen LogP contribution < -0.4 is 0 Å². The fourth-order valence-corrected chi connectivity index (χ4v) is 7.37. The van der Waals surface area contributed by atoms with Crippen LogP contribution in [0.3, 0.4) is 0 Å². The zero-order chi connectivity index (χ0) is 20.9. The summed E-state index contributed by atoms with van der Waals surface area (Å²) >= 11 is 0. The van der Waals surface area contributed by atoms with Crippen LogP contribution in [0.15, 0.2) is 0 Å². The van der Waals surface area contributed by atoms with Crippen molar-refractivity contribution < 1.29 is 14.0 Å². The monoisotopic (exact) mass is 399 g/mol. The van der Waals surface area contributed by atoms with E-state index in [9.17, 15) is 9.59 Å². The van der Waals surface area contributed by atoms with Crippen LogP contribution in [-0.4, -0.2) is 45.5 Å². The van der Waals surface area contributed by atoms with E-state index in [1.54, 1.807) is 0 Å². The lowest BCUT2D eigenvalue weighted by Gasteiger charge is -2.61. The molecule has 6 heteroatoms. The number of rotatable bonds is 6. The van der Waals surface area contributed by atoms with Crippen LogP contribution in [0.4, 0.5) is 0 Å². The topological polar surface area (TPSA) is 46.6 Å². The summed E-state index contributed by atoms with van der Waals surface area (Å²) in [5.74, 6) is -0.197. The highest BCUT2D eigenvalue weighted by atomic mass is 28.4. The maximum absolute atomic E-state index is 13.2. The molecule has 0 spiro atoms. The normalized spacial score (nSPS) is 24.9. The molecule has 0 aromatic rings. The van der Waals surface area contributed by atoms with Gasteiger partial charge in [-0.05, 0) is 30.1 Å². The van der Waals surface area contributed by atoms with Crippen molar-refractivity contribution in [3.05, 3.63) is 0 Å². The molecule has 0 aromatic heterocycles. The molecule has 1 rings (SSSR count). The molecule has 1 heterocycles. The van der Waals surface area contributed by atoms with Gasteiger partial charge >= 0.3 is 0 Å². The van der Waals surface area contributed by atoms with Crippen molar-refractivity contribution in [3.8, 4) is 0 Å². The third-order valence-electron chi connectivity index (χ3n) is 7.17.